The third kappa shape index (κ3) is 3.11. The lowest BCUT2D eigenvalue weighted by Gasteiger charge is -2.18. The Labute approximate surface area is 126 Å². The van der Waals surface area contributed by atoms with Crippen LogP contribution >= 0.6 is 15.9 Å². The maximum Gasteiger partial charge on any atom is 0.220 e. The summed E-state index contributed by atoms with van der Waals surface area (Å²) in [5, 5.41) is 21.5. The normalized spacial score (nSPS) is 21.6. The van der Waals surface area contributed by atoms with E-state index in [1.807, 2.05) is 17.0 Å². The summed E-state index contributed by atoms with van der Waals surface area (Å²) in [7, 11) is 1.60. The first-order valence-corrected chi connectivity index (χ1v) is 7.17. The van der Waals surface area contributed by atoms with Crippen molar-refractivity contribution in [2.75, 3.05) is 25.0 Å². The van der Waals surface area contributed by atoms with E-state index in [4.69, 9.17) is 5.26 Å². The van der Waals surface area contributed by atoms with Gasteiger partial charge < -0.3 is 15.3 Å². The van der Waals surface area contributed by atoms with Crippen LogP contribution in [-0.4, -0.2) is 37.3 Å². The molecule has 2 atom stereocenters. The number of nitrogens with one attached hydrogen (secondary N) is 1. The second-order valence-electron chi connectivity index (χ2n) is 4.89. The molecule has 1 saturated heterocycles. The number of halogens is 1. The zero-order valence-electron chi connectivity index (χ0n) is 11.1. The number of anilines is 1. The maximum atomic E-state index is 11.4. The van der Waals surface area contributed by atoms with Gasteiger partial charge in [-0.1, -0.05) is 0 Å². The van der Waals surface area contributed by atoms with Gasteiger partial charge in [-0.3, -0.25) is 4.79 Å². The lowest BCUT2D eigenvalue weighted by atomic mass is 10.0. The first-order chi connectivity index (χ1) is 9.55. The molecule has 106 valence electrons. The minimum atomic E-state index is -0.512. The van der Waals surface area contributed by atoms with Crippen LogP contribution in [0.25, 0.3) is 0 Å². The number of aliphatic hydroxyl groups excluding tert-OH is 1. The van der Waals surface area contributed by atoms with Gasteiger partial charge in [0.15, 0.2) is 0 Å². The molecule has 1 heterocycles. The standard InChI is InChI=1S/C14H16BrN3O2/c1-17-14(20)4-10-7-18(8-13(10)19)11-3-2-9(6-16)12(15)5-11/h2-3,5,10,13,19H,4,7-8H2,1H3,(H,17,20)/t10-,13-/m1/s1. The molecule has 0 unspecified atom stereocenters. The highest BCUT2D eigenvalue weighted by molar-refractivity contribution is 9.10. The molecule has 1 aromatic rings. The summed E-state index contributed by atoms with van der Waals surface area (Å²) in [4.78, 5) is 13.4. The number of benzene rings is 1. The van der Waals surface area contributed by atoms with Crippen LogP contribution in [0.15, 0.2) is 22.7 Å². The molecule has 1 fully saturated rings. The number of aliphatic hydroxyl groups is 1. The fourth-order valence-corrected chi connectivity index (χ4v) is 2.85. The Bertz CT molecular complexity index is 556. The molecule has 20 heavy (non-hydrogen) atoms. The van der Waals surface area contributed by atoms with Crippen LogP contribution < -0.4 is 10.2 Å². The van der Waals surface area contributed by atoms with Crippen LogP contribution in [0.4, 0.5) is 5.69 Å². The fourth-order valence-electron chi connectivity index (χ4n) is 2.40. The largest absolute Gasteiger partial charge is 0.391 e. The van der Waals surface area contributed by atoms with E-state index in [1.165, 1.54) is 0 Å². The molecule has 0 spiro atoms. The van der Waals surface area contributed by atoms with E-state index in [0.717, 1.165) is 10.2 Å². The summed E-state index contributed by atoms with van der Waals surface area (Å²) in [6.45, 7) is 1.13. The Morgan fingerprint density at radius 2 is 2.35 bits per heavy atom. The van der Waals surface area contributed by atoms with Crippen molar-refractivity contribution in [2.45, 2.75) is 12.5 Å². The van der Waals surface area contributed by atoms with Crippen LogP contribution in [0.5, 0.6) is 0 Å². The number of carbonyl (C=O) groups excluding carboxylic acids is 1. The minimum Gasteiger partial charge on any atom is -0.391 e. The molecule has 2 N–H and O–H groups in total. The van der Waals surface area contributed by atoms with E-state index < -0.39 is 6.10 Å². The lowest BCUT2D eigenvalue weighted by Crippen LogP contribution is -2.27. The minimum absolute atomic E-state index is 0.0584. The van der Waals surface area contributed by atoms with Crippen molar-refractivity contribution < 1.29 is 9.90 Å². The molecule has 5 nitrogen and oxygen atoms in total. The zero-order chi connectivity index (χ0) is 14.7. The van der Waals surface area contributed by atoms with E-state index in [2.05, 4.69) is 27.3 Å². The predicted molar refractivity (Wildman–Crippen MR) is 79.3 cm³/mol. The van der Waals surface area contributed by atoms with Gasteiger partial charge in [-0.2, -0.15) is 5.26 Å². The molecule has 2 rings (SSSR count). The topological polar surface area (TPSA) is 76.4 Å². The van der Waals surface area contributed by atoms with E-state index >= 15 is 0 Å². The van der Waals surface area contributed by atoms with Crippen molar-refractivity contribution in [3.8, 4) is 6.07 Å². The van der Waals surface area contributed by atoms with Crippen LogP contribution in [0, 0.1) is 17.2 Å². The van der Waals surface area contributed by atoms with E-state index in [0.29, 0.717) is 25.1 Å². The Balaban J connectivity index is 2.10. The summed E-state index contributed by atoms with van der Waals surface area (Å²) in [6.07, 6.45) is -0.187. The highest BCUT2D eigenvalue weighted by Crippen LogP contribution is 2.29. The predicted octanol–water partition coefficient (Wildman–Crippen LogP) is 1.25. The van der Waals surface area contributed by atoms with Gasteiger partial charge in [0.2, 0.25) is 5.91 Å². The van der Waals surface area contributed by atoms with Gasteiger partial charge in [-0.25, -0.2) is 0 Å². The average Bonchev–Trinajstić information content (AvgIpc) is 2.80. The summed E-state index contributed by atoms with van der Waals surface area (Å²) >= 11 is 3.36. The van der Waals surface area contributed by atoms with Crippen molar-refractivity contribution in [1.29, 1.82) is 5.26 Å². The monoisotopic (exact) mass is 337 g/mol. The van der Waals surface area contributed by atoms with E-state index in [9.17, 15) is 9.90 Å². The highest BCUT2D eigenvalue weighted by Gasteiger charge is 2.32. The number of nitrogens with zero attached hydrogens (tertiary/aromatic N) is 2. The smallest absolute Gasteiger partial charge is 0.220 e. The van der Waals surface area contributed by atoms with Gasteiger partial charge in [-0.15, -0.1) is 0 Å². The molecule has 1 aromatic carbocycles. The van der Waals surface area contributed by atoms with Gasteiger partial charge >= 0.3 is 0 Å². The zero-order valence-corrected chi connectivity index (χ0v) is 12.7. The summed E-state index contributed by atoms with van der Waals surface area (Å²) < 4.78 is 0.738. The van der Waals surface area contributed by atoms with Crippen molar-refractivity contribution in [2.24, 2.45) is 5.92 Å². The number of hydrogen-bond donors (Lipinski definition) is 2. The Morgan fingerprint density at radius 3 is 2.95 bits per heavy atom. The molecule has 1 amide bonds. The number of rotatable bonds is 3. The van der Waals surface area contributed by atoms with Crippen LogP contribution in [-0.2, 0) is 4.79 Å². The third-order valence-electron chi connectivity index (χ3n) is 3.57. The third-order valence-corrected chi connectivity index (χ3v) is 4.23. The molecule has 1 aliphatic rings. The second kappa shape index (κ2) is 6.25. The average molecular weight is 338 g/mol. The lowest BCUT2D eigenvalue weighted by molar-refractivity contribution is -0.122. The fraction of sp³-hybridized carbons (Fsp3) is 0.429. The van der Waals surface area contributed by atoms with Crippen molar-refractivity contribution in [3.05, 3.63) is 28.2 Å². The molecule has 0 aliphatic carbocycles. The molecule has 0 radical (unpaired) electrons. The van der Waals surface area contributed by atoms with Crippen LogP contribution in [0.3, 0.4) is 0 Å². The number of amides is 1. The summed E-state index contributed by atoms with van der Waals surface area (Å²) in [5.74, 6) is -0.124. The quantitative estimate of drug-likeness (QED) is 0.870. The molecule has 6 heteroatoms. The van der Waals surface area contributed by atoms with Gasteiger partial charge in [0.25, 0.3) is 0 Å². The SMILES string of the molecule is CNC(=O)C[C@@H]1CN(c2ccc(C#N)c(Br)c2)C[C@H]1O. The highest BCUT2D eigenvalue weighted by atomic mass is 79.9. The number of hydrogen-bond acceptors (Lipinski definition) is 4. The molecular weight excluding hydrogens is 322 g/mol. The van der Waals surface area contributed by atoms with Gasteiger partial charge in [-0.05, 0) is 34.1 Å². The second-order valence-corrected chi connectivity index (χ2v) is 5.74. The first-order valence-electron chi connectivity index (χ1n) is 6.38. The number of β-amino-alcohol motifs (C(OH)–C–C–N with tert-alkyl or cyclic N) is 1. The van der Waals surface area contributed by atoms with E-state index in [1.54, 1.807) is 13.1 Å². The first kappa shape index (κ1) is 14.8. The molecule has 0 aromatic heterocycles. The number of carbonyl (C=O) groups is 1. The Kier molecular flexibility index (Phi) is 4.63. The van der Waals surface area contributed by atoms with Crippen molar-refractivity contribution in [3.63, 3.8) is 0 Å². The van der Waals surface area contributed by atoms with Gasteiger partial charge in [0, 0.05) is 42.6 Å². The molecular formula is C14H16BrN3O2. The Morgan fingerprint density at radius 1 is 1.60 bits per heavy atom. The summed E-state index contributed by atoms with van der Waals surface area (Å²) in [5.41, 5.74) is 1.52. The summed E-state index contributed by atoms with van der Waals surface area (Å²) in [6, 6.07) is 7.57. The molecule has 1 aliphatic heterocycles. The van der Waals surface area contributed by atoms with Crippen molar-refractivity contribution >= 4 is 27.5 Å². The number of nitriles is 1. The van der Waals surface area contributed by atoms with Crippen molar-refractivity contribution in [1.82, 2.24) is 5.32 Å². The Hall–Kier alpha value is -1.58. The molecule has 0 bridgehead atoms. The molecule has 0 saturated carbocycles. The van der Waals surface area contributed by atoms with Crippen LogP contribution in [0.2, 0.25) is 0 Å². The van der Waals surface area contributed by atoms with E-state index in [-0.39, 0.29) is 11.8 Å². The maximum absolute atomic E-state index is 11.4. The van der Waals surface area contributed by atoms with Gasteiger partial charge in [0.05, 0.1) is 11.7 Å². The van der Waals surface area contributed by atoms with Crippen LogP contribution in [0.1, 0.15) is 12.0 Å². The van der Waals surface area contributed by atoms with Gasteiger partial charge in [0.1, 0.15) is 6.07 Å².